The number of hydrazine groups is 1. The number of nitrogens with one attached hydrogen (secondary N) is 1. The van der Waals surface area contributed by atoms with Gasteiger partial charge in [-0.2, -0.15) is 0 Å². The maximum atomic E-state index is 11.8. The van der Waals surface area contributed by atoms with Gasteiger partial charge in [0.1, 0.15) is 0 Å². The van der Waals surface area contributed by atoms with Gasteiger partial charge in [-0.3, -0.25) is 5.84 Å². The molecule has 0 radical (unpaired) electrons. The summed E-state index contributed by atoms with van der Waals surface area (Å²) in [5, 5.41) is 0. The zero-order chi connectivity index (χ0) is 10.8. The summed E-state index contributed by atoms with van der Waals surface area (Å²) in [5.74, 6) is 4.58. The number of nitrogens with two attached hydrogens (primary N) is 2. The van der Waals surface area contributed by atoms with Gasteiger partial charge in [0.25, 0.3) is 0 Å². The SMILES string of the molecule is NNc1ccc(OC(F)(F)F)c(N)c1. The Labute approximate surface area is 77.6 Å². The third-order valence-electron chi connectivity index (χ3n) is 1.40. The van der Waals surface area contributed by atoms with Crippen molar-refractivity contribution in [2.24, 2.45) is 5.84 Å². The van der Waals surface area contributed by atoms with E-state index in [1.807, 2.05) is 0 Å². The highest BCUT2D eigenvalue weighted by Crippen LogP contribution is 2.29. The Bertz CT molecular complexity index is 326. The Balaban J connectivity index is 2.89. The van der Waals surface area contributed by atoms with Gasteiger partial charge in [0.05, 0.1) is 11.4 Å². The maximum absolute atomic E-state index is 11.8. The zero-order valence-corrected chi connectivity index (χ0v) is 6.93. The molecule has 0 heterocycles. The summed E-state index contributed by atoms with van der Waals surface area (Å²) in [6, 6.07) is 3.64. The van der Waals surface area contributed by atoms with Crippen molar-refractivity contribution in [1.29, 1.82) is 0 Å². The Morgan fingerprint density at radius 3 is 2.36 bits per heavy atom. The molecule has 0 aliphatic heterocycles. The lowest BCUT2D eigenvalue weighted by Gasteiger charge is -2.11. The summed E-state index contributed by atoms with van der Waals surface area (Å²) in [5.41, 5.74) is 7.78. The molecule has 5 N–H and O–H groups in total. The zero-order valence-electron chi connectivity index (χ0n) is 6.93. The summed E-state index contributed by atoms with van der Waals surface area (Å²) in [4.78, 5) is 0. The number of alkyl halides is 3. The fourth-order valence-corrected chi connectivity index (χ4v) is 0.856. The van der Waals surface area contributed by atoms with E-state index < -0.39 is 12.1 Å². The van der Waals surface area contributed by atoms with Gasteiger partial charge in [-0.1, -0.05) is 0 Å². The van der Waals surface area contributed by atoms with Crippen LogP contribution < -0.4 is 21.7 Å². The van der Waals surface area contributed by atoms with E-state index in [4.69, 9.17) is 11.6 Å². The van der Waals surface area contributed by atoms with Gasteiger partial charge in [-0.15, -0.1) is 13.2 Å². The van der Waals surface area contributed by atoms with Crippen LogP contribution in [0.5, 0.6) is 5.75 Å². The lowest BCUT2D eigenvalue weighted by molar-refractivity contribution is -0.274. The summed E-state index contributed by atoms with van der Waals surface area (Å²) in [7, 11) is 0. The van der Waals surface area contributed by atoms with E-state index in [0.29, 0.717) is 5.69 Å². The minimum Gasteiger partial charge on any atom is -0.404 e. The number of nitrogen functional groups attached to an aromatic ring is 2. The van der Waals surface area contributed by atoms with E-state index in [1.54, 1.807) is 0 Å². The minimum atomic E-state index is -4.74. The van der Waals surface area contributed by atoms with Crippen LogP contribution in [-0.2, 0) is 0 Å². The number of benzene rings is 1. The third kappa shape index (κ3) is 2.70. The van der Waals surface area contributed by atoms with Gasteiger partial charge in [0, 0.05) is 0 Å². The molecule has 0 atom stereocenters. The Hall–Kier alpha value is -1.63. The van der Waals surface area contributed by atoms with E-state index in [-0.39, 0.29) is 5.69 Å². The summed E-state index contributed by atoms with van der Waals surface area (Å²) in [6.07, 6.45) is -4.74. The summed E-state index contributed by atoms with van der Waals surface area (Å²) in [6.45, 7) is 0. The molecule has 0 fully saturated rings. The minimum absolute atomic E-state index is 0.141. The Morgan fingerprint density at radius 1 is 1.29 bits per heavy atom. The Morgan fingerprint density at radius 2 is 1.93 bits per heavy atom. The van der Waals surface area contributed by atoms with Crippen LogP contribution in [0.1, 0.15) is 0 Å². The number of halogens is 3. The molecule has 0 amide bonds. The predicted octanol–water partition coefficient (Wildman–Crippen LogP) is 1.45. The largest absolute Gasteiger partial charge is 0.573 e. The van der Waals surface area contributed by atoms with Crippen molar-refractivity contribution in [2.45, 2.75) is 6.36 Å². The molecular formula is C7H8F3N3O. The molecule has 1 aromatic carbocycles. The van der Waals surface area contributed by atoms with Gasteiger partial charge < -0.3 is 15.9 Å². The fraction of sp³-hybridized carbons (Fsp3) is 0.143. The van der Waals surface area contributed by atoms with Crippen LogP contribution in [0.25, 0.3) is 0 Å². The van der Waals surface area contributed by atoms with Crippen molar-refractivity contribution >= 4 is 11.4 Å². The van der Waals surface area contributed by atoms with E-state index in [0.717, 1.165) is 6.07 Å². The van der Waals surface area contributed by atoms with E-state index in [2.05, 4.69) is 10.2 Å². The molecule has 4 nitrogen and oxygen atoms in total. The molecule has 7 heteroatoms. The molecular weight excluding hydrogens is 199 g/mol. The predicted molar refractivity (Wildman–Crippen MR) is 45.3 cm³/mol. The highest BCUT2D eigenvalue weighted by atomic mass is 19.4. The molecule has 1 aromatic rings. The van der Waals surface area contributed by atoms with Crippen LogP contribution >= 0.6 is 0 Å². The first kappa shape index (κ1) is 10.5. The standard InChI is InChI=1S/C7H8F3N3O/c8-7(9,10)14-6-2-1-4(13-12)3-5(6)11/h1-3,13H,11-12H2. The molecule has 0 unspecified atom stereocenters. The van der Waals surface area contributed by atoms with Crippen LogP contribution in [0.2, 0.25) is 0 Å². The van der Waals surface area contributed by atoms with Crippen molar-refractivity contribution in [3.63, 3.8) is 0 Å². The van der Waals surface area contributed by atoms with Gasteiger partial charge in [-0.25, -0.2) is 0 Å². The lowest BCUT2D eigenvalue weighted by Crippen LogP contribution is -2.18. The number of rotatable bonds is 2. The van der Waals surface area contributed by atoms with Crippen molar-refractivity contribution in [3.8, 4) is 5.75 Å². The quantitative estimate of drug-likeness (QED) is 0.390. The molecule has 0 saturated carbocycles. The number of hydrogen-bond acceptors (Lipinski definition) is 4. The molecule has 78 valence electrons. The second-order valence-electron chi connectivity index (χ2n) is 2.44. The van der Waals surface area contributed by atoms with E-state index >= 15 is 0 Å². The van der Waals surface area contributed by atoms with Crippen molar-refractivity contribution in [1.82, 2.24) is 0 Å². The second kappa shape index (κ2) is 3.62. The lowest BCUT2D eigenvalue weighted by atomic mass is 10.2. The Kier molecular flexibility index (Phi) is 2.70. The average Bonchev–Trinajstić information content (AvgIpc) is 2.06. The molecule has 0 bridgehead atoms. The van der Waals surface area contributed by atoms with E-state index in [9.17, 15) is 13.2 Å². The third-order valence-corrected chi connectivity index (χ3v) is 1.40. The van der Waals surface area contributed by atoms with Crippen molar-refractivity contribution in [3.05, 3.63) is 18.2 Å². The first-order valence-electron chi connectivity index (χ1n) is 3.54. The van der Waals surface area contributed by atoms with Crippen molar-refractivity contribution < 1.29 is 17.9 Å². The summed E-state index contributed by atoms with van der Waals surface area (Å²) >= 11 is 0. The molecule has 0 aliphatic rings. The first-order chi connectivity index (χ1) is 6.42. The highest BCUT2D eigenvalue weighted by molar-refractivity contribution is 5.61. The van der Waals surface area contributed by atoms with Gasteiger partial charge >= 0.3 is 6.36 Å². The van der Waals surface area contributed by atoms with Crippen LogP contribution in [0.15, 0.2) is 18.2 Å². The van der Waals surface area contributed by atoms with E-state index in [1.165, 1.54) is 12.1 Å². The molecule has 14 heavy (non-hydrogen) atoms. The fourth-order valence-electron chi connectivity index (χ4n) is 0.856. The molecule has 0 aliphatic carbocycles. The molecule has 0 aromatic heterocycles. The van der Waals surface area contributed by atoms with Crippen LogP contribution in [-0.4, -0.2) is 6.36 Å². The van der Waals surface area contributed by atoms with Crippen LogP contribution in [0.3, 0.4) is 0 Å². The second-order valence-corrected chi connectivity index (χ2v) is 2.44. The van der Waals surface area contributed by atoms with Gasteiger partial charge in [-0.05, 0) is 18.2 Å². The maximum Gasteiger partial charge on any atom is 0.573 e. The molecule has 0 spiro atoms. The summed E-state index contributed by atoms with van der Waals surface area (Å²) < 4.78 is 39.0. The monoisotopic (exact) mass is 207 g/mol. The molecule has 0 saturated heterocycles. The smallest absolute Gasteiger partial charge is 0.404 e. The van der Waals surface area contributed by atoms with Gasteiger partial charge in [0.15, 0.2) is 5.75 Å². The first-order valence-corrected chi connectivity index (χ1v) is 3.54. The van der Waals surface area contributed by atoms with Crippen LogP contribution in [0.4, 0.5) is 24.5 Å². The number of ether oxygens (including phenoxy) is 1. The topological polar surface area (TPSA) is 73.3 Å². The normalized spacial score (nSPS) is 11.1. The number of hydrogen-bond donors (Lipinski definition) is 3. The van der Waals surface area contributed by atoms with Crippen molar-refractivity contribution in [2.75, 3.05) is 11.2 Å². The number of anilines is 2. The average molecular weight is 207 g/mol. The van der Waals surface area contributed by atoms with Crippen LogP contribution in [0, 0.1) is 0 Å². The van der Waals surface area contributed by atoms with Gasteiger partial charge in [0.2, 0.25) is 0 Å². The molecule has 1 rings (SSSR count). The highest BCUT2D eigenvalue weighted by Gasteiger charge is 2.31.